The van der Waals surface area contributed by atoms with Gasteiger partial charge in [-0.2, -0.15) is 5.10 Å². The fourth-order valence-electron chi connectivity index (χ4n) is 3.59. The first kappa shape index (κ1) is 16.0. The number of hydrogen-bond donors (Lipinski definition) is 1. The third-order valence-corrected chi connectivity index (χ3v) is 5.19. The third kappa shape index (κ3) is 3.11. The summed E-state index contributed by atoms with van der Waals surface area (Å²) in [7, 11) is 0. The highest BCUT2D eigenvalue weighted by molar-refractivity contribution is 5.69. The number of benzene rings is 1. The molecule has 0 unspecified atom stereocenters. The SMILES string of the molecule is Cc1cc(C)n([C@H]2C[C@H](C)[C@H](C)[C@@H](O)C=C2c2ccccc2)n1. The normalized spacial score (nSPS) is 28.3. The Bertz CT molecular complexity index is 702. The lowest BCUT2D eigenvalue weighted by Crippen LogP contribution is -2.21. The number of aryl methyl sites for hydroxylation is 2. The Labute approximate surface area is 138 Å². The lowest BCUT2D eigenvalue weighted by molar-refractivity contribution is 0.126. The van der Waals surface area contributed by atoms with Crippen LogP contribution in [0.15, 0.2) is 42.5 Å². The highest BCUT2D eigenvalue weighted by Gasteiger charge is 2.31. The molecule has 0 fully saturated rings. The first-order valence-corrected chi connectivity index (χ1v) is 8.45. The molecule has 3 rings (SSSR count). The summed E-state index contributed by atoms with van der Waals surface area (Å²) in [6.07, 6.45) is 2.62. The van der Waals surface area contributed by atoms with E-state index in [4.69, 9.17) is 5.10 Å². The van der Waals surface area contributed by atoms with Crippen molar-refractivity contribution in [3.8, 4) is 0 Å². The Morgan fingerprint density at radius 3 is 2.43 bits per heavy atom. The number of rotatable bonds is 2. The monoisotopic (exact) mass is 310 g/mol. The van der Waals surface area contributed by atoms with E-state index in [1.165, 1.54) is 16.8 Å². The van der Waals surface area contributed by atoms with Crippen molar-refractivity contribution >= 4 is 5.57 Å². The molecule has 1 N–H and O–H groups in total. The van der Waals surface area contributed by atoms with Crippen LogP contribution in [0.2, 0.25) is 0 Å². The molecule has 1 aliphatic rings. The van der Waals surface area contributed by atoms with Gasteiger partial charge in [-0.15, -0.1) is 0 Å². The minimum atomic E-state index is -0.415. The number of nitrogens with zero attached hydrogens (tertiary/aromatic N) is 2. The standard InChI is InChI=1S/C20H26N2O/c1-13-10-19(22-15(3)11-14(2)21-22)18(12-20(23)16(13)4)17-8-6-5-7-9-17/h5-9,11-13,16,19-20,23H,10H2,1-4H3/t13-,16-,19-,20-/m0/s1. The molecular weight excluding hydrogens is 284 g/mol. The van der Waals surface area contributed by atoms with E-state index >= 15 is 0 Å². The van der Waals surface area contributed by atoms with E-state index in [0.717, 1.165) is 12.1 Å². The van der Waals surface area contributed by atoms with Crippen molar-refractivity contribution in [3.05, 3.63) is 59.4 Å². The van der Waals surface area contributed by atoms with Crippen LogP contribution in [0.1, 0.15) is 43.3 Å². The molecule has 2 aromatic rings. The number of aliphatic hydroxyl groups is 1. The van der Waals surface area contributed by atoms with Gasteiger partial charge in [0.1, 0.15) is 0 Å². The Hall–Kier alpha value is -1.87. The Balaban J connectivity index is 2.12. The van der Waals surface area contributed by atoms with Gasteiger partial charge in [-0.1, -0.05) is 44.2 Å². The van der Waals surface area contributed by atoms with Crippen molar-refractivity contribution in [3.63, 3.8) is 0 Å². The zero-order chi connectivity index (χ0) is 16.6. The number of allylic oxidation sites excluding steroid dienone is 1. The highest BCUT2D eigenvalue weighted by atomic mass is 16.3. The predicted octanol–water partition coefficient (Wildman–Crippen LogP) is 4.16. The molecule has 122 valence electrons. The van der Waals surface area contributed by atoms with E-state index in [2.05, 4.69) is 55.8 Å². The van der Waals surface area contributed by atoms with Crippen molar-refractivity contribution in [2.24, 2.45) is 11.8 Å². The molecule has 3 heteroatoms. The average molecular weight is 310 g/mol. The topological polar surface area (TPSA) is 38.0 Å². The summed E-state index contributed by atoms with van der Waals surface area (Å²) >= 11 is 0. The number of hydrogen-bond acceptors (Lipinski definition) is 2. The maximum atomic E-state index is 10.6. The smallest absolute Gasteiger partial charge is 0.0777 e. The van der Waals surface area contributed by atoms with Crippen LogP contribution in [0.4, 0.5) is 0 Å². The van der Waals surface area contributed by atoms with Crippen LogP contribution in [0.25, 0.3) is 5.57 Å². The molecule has 23 heavy (non-hydrogen) atoms. The molecular formula is C20H26N2O. The van der Waals surface area contributed by atoms with Crippen LogP contribution >= 0.6 is 0 Å². The van der Waals surface area contributed by atoms with Gasteiger partial charge < -0.3 is 5.11 Å². The molecule has 0 radical (unpaired) electrons. The molecule has 1 heterocycles. The molecule has 0 saturated carbocycles. The van der Waals surface area contributed by atoms with Crippen LogP contribution in [-0.4, -0.2) is 21.0 Å². The Kier molecular flexibility index (Phi) is 4.40. The van der Waals surface area contributed by atoms with Crippen molar-refractivity contribution < 1.29 is 5.11 Å². The van der Waals surface area contributed by atoms with Gasteiger partial charge in [0.05, 0.1) is 17.8 Å². The fourth-order valence-corrected chi connectivity index (χ4v) is 3.59. The Morgan fingerprint density at radius 1 is 1.13 bits per heavy atom. The van der Waals surface area contributed by atoms with Crippen molar-refractivity contribution in [1.82, 2.24) is 9.78 Å². The molecule has 0 bridgehead atoms. The van der Waals surface area contributed by atoms with Crippen LogP contribution in [0.3, 0.4) is 0 Å². The fraction of sp³-hybridized carbons (Fsp3) is 0.450. The Morgan fingerprint density at radius 2 is 1.83 bits per heavy atom. The maximum Gasteiger partial charge on any atom is 0.0777 e. The van der Waals surface area contributed by atoms with Crippen LogP contribution in [0.5, 0.6) is 0 Å². The summed E-state index contributed by atoms with van der Waals surface area (Å²) in [5, 5.41) is 15.3. The summed E-state index contributed by atoms with van der Waals surface area (Å²) < 4.78 is 2.13. The molecule has 1 aromatic heterocycles. The molecule has 0 saturated heterocycles. The maximum absolute atomic E-state index is 10.6. The van der Waals surface area contributed by atoms with Gasteiger partial charge in [-0.25, -0.2) is 0 Å². The second-order valence-electron chi connectivity index (χ2n) is 6.94. The quantitative estimate of drug-likeness (QED) is 0.904. The van der Waals surface area contributed by atoms with E-state index in [0.29, 0.717) is 5.92 Å². The minimum absolute atomic E-state index is 0.167. The van der Waals surface area contributed by atoms with Gasteiger partial charge in [0, 0.05) is 5.69 Å². The van der Waals surface area contributed by atoms with Gasteiger partial charge in [0.2, 0.25) is 0 Å². The second kappa shape index (κ2) is 6.32. The van der Waals surface area contributed by atoms with Crippen molar-refractivity contribution in [1.29, 1.82) is 0 Å². The summed E-state index contributed by atoms with van der Waals surface area (Å²) in [6, 6.07) is 12.7. The first-order chi connectivity index (χ1) is 11.0. The van der Waals surface area contributed by atoms with E-state index in [-0.39, 0.29) is 12.0 Å². The summed E-state index contributed by atoms with van der Waals surface area (Å²) in [5.74, 6) is 0.673. The first-order valence-electron chi connectivity index (χ1n) is 8.45. The average Bonchev–Trinajstić information content (AvgIpc) is 2.83. The molecule has 0 aliphatic heterocycles. The number of aliphatic hydroxyl groups excluding tert-OH is 1. The van der Waals surface area contributed by atoms with Gasteiger partial charge >= 0.3 is 0 Å². The zero-order valence-electron chi connectivity index (χ0n) is 14.4. The van der Waals surface area contributed by atoms with Crippen LogP contribution < -0.4 is 0 Å². The summed E-state index contributed by atoms with van der Waals surface area (Å²) in [5.41, 5.74) is 4.57. The van der Waals surface area contributed by atoms with Crippen molar-refractivity contribution in [2.75, 3.05) is 0 Å². The third-order valence-electron chi connectivity index (χ3n) is 5.19. The van der Waals surface area contributed by atoms with Gasteiger partial charge in [-0.05, 0) is 55.4 Å². The molecule has 4 atom stereocenters. The second-order valence-corrected chi connectivity index (χ2v) is 6.94. The van der Waals surface area contributed by atoms with Gasteiger partial charge in [-0.3, -0.25) is 4.68 Å². The lowest BCUT2D eigenvalue weighted by atomic mass is 9.88. The minimum Gasteiger partial charge on any atom is -0.389 e. The van der Waals surface area contributed by atoms with Gasteiger partial charge in [0.25, 0.3) is 0 Å². The molecule has 0 amide bonds. The number of aromatic nitrogens is 2. The highest BCUT2D eigenvalue weighted by Crippen LogP contribution is 2.40. The molecule has 0 spiro atoms. The van der Waals surface area contributed by atoms with E-state index in [9.17, 15) is 5.11 Å². The molecule has 1 aliphatic carbocycles. The van der Waals surface area contributed by atoms with E-state index < -0.39 is 6.10 Å². The largest absolute Gasteiger partial charge is 0.389 e. The molecule has 1 aromatic carbocycles. The summed E-state index contributed by atoms with van der Waals surface area (Å²) in [4.78, 5) is 0. The van der Waals surface area contributed by atoms with Crippen LogP contribution in [0, 0.1) is 25.7 Å². The van der Waals surface area contributed by atoms with E-state index in [1.54, 1.807) is 0 Å². The predicted molar refractivity (Wildman–Crippen MR) is 94.1 cm³/mol. The van der Waals surface area contributed by atoms with Crippen LogP contribution in [-0.2, 0) is 0 Å². The summed E-state index contributed by atoms with van der Waals surface area (Å²) in [6.45, 7) is 8.51. The lowest BCUT2D eigenvalue weighted by Gasteiger charge is -2.25. The van der Waals surface area contributed by atoms with Gasteiger partial charge in [0.15, 0.2) is 0 Å². The van der Waals surface area contributed by atoms with E-state index in [1.807, 2.05) is 19.1 Å². The van der Waals surface area contributed by atoms with Crippen molar-refractivity contribution in [2.45, 2.75) is 46.3 Å². The molecule has 3 nitrogen and oxygen atoms in total. The zero-order valence-corrected chi connectivity index (χ0v) is 14.4.